The van der Waals surface area contributed by atoms with E-state index in [-0.39, 0.29) is 30.3 Å². The first-order chi connectivity index (χ1) is 15.4. The molecule has 2 rings (SSSR count). The SMILES string of the molecule is CCC=C1CN[C@@H](C)COc2ccccc2CC(C)CNC(=O)C(CCC)NC(=O)CN1. The molecule has 32 heavy (non-hydrogen) atoms. The zero-order chi connectivity index (χ0) is 23.3. The predicted molar refractivity (Wildman–Crippen MR) is 128 cm³/mol. The Hall–Kier alpha value is -2.54. The molecule has 0 aliphatic carbocycles. The highest BCUT2D eigenvalue weighted by Gasteiger charge is 2.21. The van der Waals surface area contributed by atoms with Gasteiger partial charge in [-0.3, -0.25) is 9.59 Å². The average Bonchev–Trinajstić information content (AvgIpc) is 2.77. The lowest BCUT2D eigenvalue weighted by atomic mass is 10.00. The summed E-state index contributed by atoms with van der Waals surface area (Å²) in [6, 6.07) is 7.70. The van der Waals surface area contributed by atoms with E-state index in [0.29, 0.717) is 26.1 Å². The highest BCUT2D eigenvalue weighted by Crippen LogP contribution is 2.21. The molecule has 1 aliphatic rings. The standard InChI is InChI=1S/C25H40N4O3/c1-5-9-21-15-26-19(4)17-32-23-12-8-7-11-20(23)13-18(3)14-28-25(31)22(10-6-2)29-24(30)16-27-21/h7-9,11-12,18-19,22,26-27H,5-6,10,13-17H2,1-4H3,(H,28,31)(H,29,30)/t18?,19-,22?/m0/s1. The van der Waals surface area contributed by atoms with Gasteiger partial charge in [0.2, 0.25) is 11.8 Å². The van der Waals surface area contributed by atoms with Crippen molar-refractivity contribution in [2.24, 2.45) is 5.92 Å². The van der Waals surface area contributed by atoms with Gasteiger partial charge in [0.15, 0.2) is 0 Å². The van der Waals surface area contributed by atoms with Crippen molar-refractivity contribution in [3.05, 3.63) is 41.6 Å². The topological polar surface area (TPSA) is 91.5 Å². The highest BCUT2D eigenvalue weighted by atomic mass is 16.5. The summed E-state index contributed by atoms with van der Waals surface area (Å²) >= 11 is 0. The maximum atomic E-state index is 12.7. The predicted octanol–water partition coefficient (Wildman–Crippen LogP) is 2.52. The van der Waals surface area contributed by atoms with Gasteiger partial charge in [0.25, 0.3) is 0 Å². The molecule has 1 heterocycles. The summed E-state index contributed by atoms with van der Waals surface area (Å²) in [5.74, 6) is 0.816. The van der Waals surface area contributed by atoms with Gasteiger partial charge >= 0.3 is 0 Å². The van der Waals surface area contributed by atoms with E-state index in [1.165, 1.54) is 0 Å². The molecule has 2 amide bonds. The first-order valence-corrected chi connectivity index (χ1v) is 11.9. The smallest absolute Gasteiger partial charge is 0.242 e. The molecule has 7 heteroatoms. The largest absolute Gasteiger partial charge is 0.492 e. The minimum Gasteiger partial charge on any atom is -0.492 e. The van der Waals surface area contributed by atoms with Gasteiger partial charge in [0.1, 0.15) is 18.4 Å². The van der Waals surface area contributed by atoms with E-state index < -0.39 is 6.04 Å². The number of fused-ring (bicyclic) bond motifs is 1. The molecule has 3 atom stereocenters. The number of hydrogen-bond donors (Lipinski definition) is 4. The molecule has 7 nitrogen and oxygen atoms in total. The minimum absolute atomic E-state index is 0.127. The van der Waals surface area contributed by atoms with Crippen LogP contribution >= 0.6 is 0 Å². The molecule has 0 saturated carbocycles. The molecule has 0 spiro atoms. The summed E-state index contributed by atoms with van der Waals surface area (Å²) in [6.07, 6.45) is 5.16. The van der Waals surface area contributed by atoms with Crippen LogP contribution in [0.4, 0.5) is 0 Å². The van der Waals surface area contributed by atoms with E-state index in [4.69, 9.17) is 4.74 Å². The number of allylic oxidation sites excluding steroid dienone is 1. The Morgan fingerprint density at radius 2 is 1.88 bits per heavy atom. The molecule has 0 radical (unpaired) electrons. The summed E-state index contributed by atoms with van der Waals surface area (Å²) in [4.78, 5) is 25.2. The first-order valence-electron chi connectivity index (χ1n) is 11.9. The van der Waals surface area contributed by atoms with Crippen LogP contribution in [0.3, 0.4) is 0 Å². The van der Waals surface area contributed by atoms with E-state index in [0.717, 1.165) is 36.3 Å². The zero-order valence-electron chi connectivity index (χ0n) is 20.0. The second-order valence-corrected chi connectivity index (χ2v) is 8.66. The molecule has 0 fully saturated rings. The summed E-state index contributed by atoms with van der Waals surface area (Å²) in [7, 11) is 0. The summed E-state index contributed by atoms with van der Waals surface area (Å²) in [5.41, 5.74) is 2.09. The number of rotatable bonds is 3. The molecule has 1 aromatic rings. The quantitative estimate of drug-likeness (QED) is 0.575. The minimum atomic E-state index is -0.521. The summed E-state index contributed by atoms with van der Waals surface area (Å²) < 4.78 is 6.12. The number of carbonyl (C=O) groups is 2. The van der Waals surface area contributed by atoms with Crippen LogP contribution < -0.4 is 26.0 Å². The lowest BCUT2D eigenvalue weighted by Crippen LogP contribution is -2.50. The first kappa shape index (κ1) is 25.7. The van der Waals surface area contributed by atoms with E-state index in [1.807, 2.05) is 25.1 Å². The molecular weight excluding hydrogens is 404 g/mol. The molecule has 0 saturated heterocycles. The van der Waals surface area contributed by atoms with Gasteiger partial charge in [0.05, 0.1) is 6.54 Å². The maximum Gasteiger partial charge on any atom is 0.242 e. The number of benzene rings is 1. The van der Waals surface area contributed by atoms with Gasteiger partial charge in [-0.25, -0.2) is 0 Å². The molecule has 0 bridgehead atoms. The number of amides is 2. The third kappa shape index (κ3) is 8.91. The molecule has 1 aliphatic heterocycles. The van der Waals surface area contributed by atoms with Crippen LogP contribution in [0.1, 0.15) is 52.5 Å². The molecule has 178 valence electrons. The van der Waals surface area contributed by atoms with Gasteiger partial charge in [-0.1, -0.05) is 51.5 Å². The monoisotopic (exact) mass is 444 g/mol. The number of para-hydroxylation sites is 1. The van der Waals surface area contributed by atoms with Crippen LogP contribution in [0.2, 0.25) is 0 Å². The number of nitrogens with one attached hydrogen (secondary N) is 4. The van der Waals surface area contributed by atoms with Crippen molar-refractivity contribution in [3.63, 3.8) is 0 Å². The van der Waals surface area contributed by atoms with Gasteiger partial charge < -0.3 is 26.0 Å². The number of ether oxygens (including phenoxy) is 1. The highest BCUT2D eigenvalue weighted by molar-refractivity contribution is 5.88. The van der Waals surface area contributed by atoms with E-state index in [1.54, 1.807) is 0 Å². The Bertz CT molecular complexity index is 765. The fourth-order valence-corrected chi connectivity index (χ4v) is 3.67. The second kappa shape index (κ2) is 13.8. The van der Waals surface area contributed by atoms with Gasteiger partial charge in [0, 0.05) is 24.8 Å². The Balaban J connectivity index is 2.18. The lowest BCUT2D eigenvalue weighted by Gasteiger charge is -2.22. The van der Waals surface area contributed by atoms with Crippen LogP contribution in [-0.2, 0) is 16.0 Å². The van der Waals surface area contributed by atoms with Crippen molar-refractivity contribution in [1.29, 1.82) is 0 Å². The van der Waals surface area contributed by atoms with Crippen LogP contribution in [0.25, 0.3) is 0 Å². The van der Waals surface area contributed by atoms with Crippen molar-refractivity contribution in [1.82, 2.24) is 21.3 Å². The van der Waals surface area contributed by atoms with Crippen LogP contribution in [0, 0.1) is 5.92 Å². The second-order valence-electron chi connectivity index (χ2n) is 8.66. The third-order valence-electron chi connectivity index (χ3n) is 5.45. The summed E-state index contributed by atoms with van der Waals surface area (Å²) in [5, 5.41) is 12.6. The van der Waals surface area contributed by atoms with Crippen molar-refractivity contribution in [2.45, 2.75) is 65.5 Å². The molecule has 0 aromatic heterocycles. The Kier molecular flexibility index (Phi) is 11.1. The van der Waals surface area contributed by atoms with Crippen LogP contribution in [0.5, 0.6) is 5.75 Å². The molecule has 1 aromatic carbocycles. The average molecular weight is 445 g/mol. The lowest BCUT2D eigenvalue weighted by molar-refractivity contribution is -0.128. The Morgan fingerprint density at radius 3 is 2.62 bits per heavy atom. The van der Waals surface area contributed by atoms with E-state index in [2.05, 4.69) is 54.2 Å². The molecule has 4 N–H and O–H groups in total. The van der Waals surface area contributed by atoms with Crippen molar-refractivity contribution >= 4 is 11.8 Å². The third-order valence-corrected chi connectivity index (χ3v) is 5.45. The van der Waals surface area contributed by atoms with Crippen LogP contribution in [0.15, 0.2) is 36.0 Å². The van der Waals surface area contributed by atoms with Crippen LogP contribution in [-0.4, -0.2) is 50.1 Å². The zero-order valence-corrected chi connectivity index (χ0v) is 20.0. The Labute approximate surface area is 192 Å². The van der Waals surface area contributed by atoms with E-state index in [9.17, 15) is 9.59 Å². The van der Waals surface area contributed by atoms with Gasteiger partial charge in [-0.05, 0) is 43.7 Å². The molecular formula is C25H40N4O3. The van der Waals surface area contributed by atoms with Gasteiger partial charge in [-0.15, -0.1) is 0 Å². The fourth-order valence-electron chi connectivity index (χ4n) is 3.67. The maximum absolute atomic E-state index is 12.7. The van der Waals surface area contributed by atoms with Gasteiger partial charge in [-0.2, -0.15) is 0 Å². The normalized spacial score (nSPS) is 25.4. The molecule has 2 unspecified atom stereocenters. The number of hydrogen-bond acceptors (Lipinski definition) is 5. The van der Waals surface area contributed by atoms with Crippen molar-refractivity contribution in [3.8, 4) is 5.75 Å². The van der Waals surface area contributed by atoms with Crippen molar-refractivity contribution in [2.75, 3.05) is 26.2 Å². The fraction of sp³-hybridized carbons (Fsp3) is 0.600. The van der Waals surface area contributed by atoms with Crippen molar-refractivity contribution < 1.29 is 14.3 Å². The Morgan fingerprint density at radius 1 is 1.09 bits per heavy atom. The summed E-state index contributed by atoms with van der Waals surface area (Å²) in [6.45, 7) is 10.1. The number of carbonyl (C=O) groups excluding carboxylic acids is 2. The van der Waals surface area contributed by atoms with E-state index >= 15 is 0 Å².